The minimum Gasteiger partial charge on any atom is -0.481 e. The van der Waals surface area contributed by atoms with Crippen LogP contribution < -0.4 is 4.90 Å². The number of benzene rings is 1. The van der Waals surface area contributed by atoms with Crippen molar-refractivity contribution in [2.24, 2.45) is 7.05 Å². The minimum atomic E-state index is -3.81. The summed E-state index contributed by atoms with van der Waals surface area (Å²) in [6.07, 6.45) is 4.52. The van der Waals surface area contributed by atoms with E-state index in [2.05, 4.69) is 20.1 Å². The molecule has 214 valence electrons. The lowest BCUT2D eigenvalue weighted by Gasteiger charge is -2.36. The van der Waals surface area contributed by atoms with Gasteiger partial charge in [-0.1, -0.05) is 18.2 Å². The Hall–Kier alpha value is -3.83. The number of hydrogen-bond donors (Lipinski definition) is 1. The summed E-state index contributed by atoms with van der Waals surface area (Å²) < 4.78 is 31.5. The molecule has 1 saturated heterocycles. The van der Waals surface area contributed by atoms with E-state index in [0.29, 0.717) is 18.0 Å². The Morgan fingerprint density at radius 3 is 2.76 bits per heavy atom. The molecule has 0 radical (unpaired) electrons. The molecule has 0 amide bonds. The van der Waals surface area contributed by atoms with Crippen LogP contribution in [0, 0.1) is 13.8 Å². The van der Waals surface area contributed by atoms with E-state index in [-0.39, 0.29) is 23.9 Å². The molecule has 0 aliphatic carbocycles. The van der Waals surface area contributed by atoms with Crippen LogP contribution in [0.3, 0.4) is 0 Å². The first kappa shape index (κ1) is 27.3. The van der Waals surface area contributed by atoms with Gasteiger partial charge >= 0.3 is 5.97 Å². The molecule has 4 aromatic rings. The maximum absolute atomic E-state index is 14.0. The summed E-state index contributed by atoms with van der Waals surface area (Å²) in [5.41, 5.74) is 4.91. The van der Waals surface area contributed by atoms with Crippen LogP contribution in [0.5, 0.6) is 0 Å². The number of pyridine rings is 1. The van der Waals surface area contributed by atoms with Gasteiger partial charge < -0.3 is 14.6 Å². The van der Waals surface area contributed by atoms with E-state index in [9.17, 15) is 18.3 Å². The molecule has 2 atom stereocenters. The van der Waals surface area contributed by atoms with E-state index in [1.807, 2.05) is 55.8 Å². The zero-order chi connectivity index (χ0) is 28.9. The highest BCUT2D eigenvalue weighted by Gasteiger charge is 2.39. The van der Waals surface area contributed by atoms with Crippen molar-refractivity contribution < 1.29 is 18.3 Å². The highest BCUT2D eigenvalue weighted by atomic mass is 32.2. The number of carboxylic acid groups (broad SMARTS) is 1. The van der Waals surface area contributed by atoms with Crippen LogP contribution in [0.2, 0.25) is 0 Å². The second-order valence-corrected chi connectivity index (χ2v) is 13.1. The smallest absolute Gasteiger partial charge is 0.304 e. The fourth-order valence-corrected chi connectivity index (χ4v) is 7.92. The molecule has 1 unspecified atom stereocenters. The number of fused-ring (bicyclic) bond motifs is 4. The molecule has 6 rings (SSSR count). The Labute approximate surface area is 239 Å². The van der Waals surface area contributed by atoms with Crippen molar-refractivity contribution in [1.82, 2.24) is 24.1 Å². The summed E-state index contributed by atoms with van der Waals surface area (Å²) in [6, 6.07) is 13.2. The standard InChI is InChI=1S/C30H34N6O4S/c1-19-9-10-21(25(16-28(37)38)26-15-22-13-20(2)32-33-29(22)34(26)3)14-23(19)17-35-18-24-7-4-5-12-36(24)30-27(41(35,39)40)8-6-11-31-30/h6,8-11,13-15,24-25H,4-5,7,12,16-18H2,1-3H3,(H,37,38)/t24-,25?/m0/s1. The Balaban J connectivity index is 1.40. The number of piperidine rings is 1. The number of nitrogens with zero attached hydrogens (tertiary/aromatic N) is 6. The van der Waals surface area contributed by atoms with Crippen molar-refractivity contribution in [3.8, 4) is 0 Å². The zero-order valence-corrected chi connectivity index (χ0v) is 24.3. The molecule has 5 heterocycles. The van der Waals surface area contributed by atoms with Crippen LogP contribution in [-0.2, 0) is 28.4 Å². The summed E-state index contributed by atoms with van der Waals surface area (Å²) in [7, 11) is -1.94. The largest absolute Gasteiger partial charge is 0.481 e. The van der Waals surface area contributed by atoms with Crippen molar-refractivity contribution in [3.05, 3.63) is 76.7 Å². The van der Waals surface area contributed by atoms with Crippen LogP contribution in [0.25, 0.3) is 11.0 Å². The molecular formula is C30H34N6O4S. The number of aliphatic carboxylic acids is 1. The third-order valence-electron chi connectivity index (χ3n) is 8.47. The predicted octanol–water partition coefficient (Wildman–Crippen LogP) is 4.15. The van der Waals surface area contributed by atoms with Gasteiger partial charge in [0, 0.05) is 55.9 Å². The van der Waals surface area contributed by atoms with E-state index in [1.165, 1.54) is 0 Å². The fraction of sp³-hybridized carbons (Fsp3) is 0.400. The van der Waals surface area contributed by atoms with Crippen LogP contribution >= 0.6 is 0 Å². The molecule has 1 aromatic carbocycles. The van der Waals surface area contributed by atoms with Crippen LogP contribution in [-0.4, -0.2) is 62.7 Å². The number of aromatic nitrogens is 4. The van der Waals surface area contributed by atoms with E-state index in [1.54, 1.807) is 22.6 Å². The fourth-order valence-electron chi connectivity index (χ4n) is 6.31. The van der Waals surface area contributed by atoms with Crippen LogP contribution in [0.1, 0.15) is 59.7 Å². The van der Waals surface area contributed by atoms with Gasteiger partial charge in [-0.2, -0.15) is 9.40 Å². The second-order valence-electron chi connectivity index (χ2n) is 11.2. The SMILES string of the molecule is Cc1cc2cc(C(CC(=O)O)c3ccc(C)c(CN4C[C@@H]5CCCCN5c5ncccc5S4(=O)=O)c3)n(C)c2nn1. The van der Waals surface area contributed by atoms with Gasteiger partial charge in [-0.3, -0.25) is 4.79 Å². The number of aryl methyl sites for hydroxylation is 3. The molecule has 0 saturated carbocycles. The maximum atomic E-state index is 14.0. The van der Waals surface area contributed by atoms with Crippen molar-refractivity contribution in [2.45, 2.75) is 62.9 Å². The molecule has 1 N–H and O–H groups in total. The van der Waals surface area contributed by atoms with Crippen molar-refractivity contribution >= 4 is 32.8 Å². The normalized spacial score (nSPS) is 19.4. The topological polar surface area (TPSA) is 122 Å². The van der Waals surface area contributed by atoms with Crippen molar-refractivity contribution in [1.29, 1.82) is 0 Å². The molecule has 10 nitrogen and oxygen atoms in total. The minimum absolute atomic E-state index is 0.0540. The quantitative estimate of drug-likeness (QED) is 0.365. The molecule has 3 aromatic heterocycles. The first-order chi connectivity index (χ1) is 19.6. The number of hydrogen-bond acceptors (Lipinski definition) is 7. The molecule has 2 aliphatic heterocycles. The molecule has 41 heavy (non-hydrogen) atoms. The van der Waals surface area contributed by atoms with Gasteiger partial charge in [0.25, 0.3) is 0 Å². The van der Waals surface area contributed by atoms with Gasteiger partial charge in [0.2, 0.25) is 10.0 Å². The summed E-state index contributed by atoms with van der Waals surface area (Å²) in [6.45, 7) is 5.20. The zero-order valence-electron chi connectivity index (χ0n) is 23.5. The molecule has 0 bridgehead atoms. The maximum Gasteiger partial charge on any atom is 0.304 e. The van der Waals surface area contributed by atoms with E-state index in [0.717, 1.165) is 59.3 Å². The Bertz CT molecular complexity index is 1750. The first-order valence-corrected chi connectivity index (χ1v) is 15.4. The molecule has 2 aliphatic rings. The van der Waals surface area contributed by atoms with Crippen LogP contribution in [0.15, 0.2) is 53.6 Å². The van der Waals surface area contributed by atoms with Crippen molar-refractivity contribution in [3.63, 3.8) is 0 Å². The number of rotatable bonds is 6. The number of carboxylic acids is 1. The Kier molecular flexibility index (Phi) is 7.03. The lowest BCUT2D eigenvalue weighted by molar-refractivity contribution is -0.137. The summed E-state index contributed by atoms with van der Waals surface area (Å²) in [4.78, 5) is 18.9. The van der Waals surface area contributed by atoms with E-state index >= 15 is 0 Å². The highest BCUT2D eigenvalue weighted by molar-refractivity contribution is 7.89. The van der Waals surface area contributed by atoms with Gasteiger partial charge in [-0.15, -0.1) is 5.10 Å². The van der Waals surface area contributed by atoms with Gasteiger partial charge in [-0.05, 0) is 74.1 Å². The van der Waals surface area contributed by atoms with Gasteiger partial charge in [0.1, 0.15) is 10.7 Å². The first-order valence-electron chi connectivity index (χ1n) is 14.0. The summed E-state index contributed by atoms with van der Waals surface area (Å²) in [5, 5.41) is 19.3. The Morgan fingerprint density at radius 1 is 1.12 bits per heavy atom. The second kappa shape index (κ2) is 10.5. The molecule has 0 spiro atoms. The third-order valence-corrected chi connectivity index (χ3v) is 10.3. The molecule has 1 fully saturated rings. The van der Waals surface area contributed by atoms with Crippen molar-refractivity contribution in [2.75, 3.05) is 18.0 Å². The average Bonchev–Trinajstić information content (AvgIpc) is 3.23. The predicted molar refractivity (Wildman–Crippen MR) is 155 cm³/mol. The molecule has 11 heteroatoms. The Morgan fingerprint density at radius 2 is 1.95 bits per heavy atom. The van der Waals surface area contributed by atoms with Gasteiger partial charge in [0.05, 0.1) is 12.1 Å². The third kappa shape index (κ3) is 4.97. The number of sulfonamides is 1. The van der Waals surface area contributed by atoms with Gasteiger partial charge in [0.15, 0.2) is 5.65 Å². The highest BCUT2D eigenvalue weighted by Crippen LogP contribution is 2.37. The van der Waals surface area contributed by atoms with Gasteiger partial charge in [-0.25, -0.2) is 13.4 Å². The monoisotopic (exact) mass is 574 g/mol. The number of carbonyl (C=O) groups is 1. The summed E-state index contributed by atoms with van der Waals surface area (Å²) >= 11 is 0. The summed E-state index contributed by atoms with van der Waals surface area (Å²) in [5.74, 6) is -0.826. The van der Waals surface area contributed by atoms with E-state index in [4.69, 9.17) is 0 Å². The lowest BCUT2D eigenvalue weighted by atomic mass is 9.89. The lowest BCUT2D eigenvalue weighted by Crippen LogP contribution is -2.45. The average molecular weight is 575 g/mol. The van der Waals surface area contributed by atoms with Crippen LogP contribution in [0.4, 0.5) is 5.82 Å². The van der Waals surface area contributed by atoms with E-state index < -0.39 is 21.9 Å². The molecular weight excluding hydrogens is 540 g/mol. The number of anilines is 1.